The van der Waals surface area contributed by atoms with Gasteiger partial charge < -0.3 is 33.7 Å². The molecule has 1 amide bonds. The van der Waals surface area contributed by atoms with Crippen LogP contribution in [0.4, 0.5) is 0 Å². The highest BCUT2D eigenvalue weighted by Gasteiger charge is 2.69. The summed E-state index contributed by atoms with van der Waals surface area (Å²) in [5, 5.41) is 3.01. The quantitative estimate of drug-likeness (QED) is 0.209. The van der Waals surface area contributed by atoms with Gasteiger partial charge >= 0.3 is 0 Å². The Bertz CT molecular complexity index is 1450. The zero-order valence-electron chi connectivity index (χ0n) is 27.2. The molecule has 2 aromatic rings. The average Bonchev–Trinajstić information content (AvgIpc) is 3.30. The number of hydrogen-bond donors (Lipinski definition) is 1. The van der Waals surface area contributed by atoms with Gasteiger partial charge in [0.2, 0.25) is 11.5 Å². The molecule has 1 aliphatic carbocycles. The maximum Gasteiger partial charge on any atom is 0.259 e. The minimum atomic E-state index is -0.879. The predicted octanol–water partition coefficient (Wildman–Crippen LogP) is 5.31. The van der Waals surface area contributed by atoms with Crippen molar-refractivity contribution in [1.82, 2.24) is 5.32 Å². The summed E-state index contributed by atoms with van der Waals surface area (Å²) < 4.78 is 34.7. The third-order valence-electron chi connectivity index (χ3n) is 10.1. The topological polar surface area (TPSA) is 120 Å². The second kappa shape index (κ2) is 12.9. The highest BCUT2D eigenvalue weighted by atomic mass is 17.3. The molecule has 248 valence electrons. The van der Waals surface area contributed by atoms with Crippen LogP contribution < -0.4 is 24.3 Å². The van der Waals surface area contributed by atoms with Crippen LogP contribution in [0.25, 0.3) is 6.08 Å². The second-order valence-corrected chi connectivity index (χ2v) is 12.9. The average molecular weight is 638 g/mol. The highest BCUT2D eigenvalue weighted by molar-refractivity contribution is 6.06. The van der Waals surface area contributed by atoms with Gasteiger partial charge in [0, 0.05) is 23.8 Å². The Morgan fingerprint density at radius 1 is 0.957 bits per heavy atom. The van der Waals surface area contributed by atoms with Crippen LogP contribution in [0.15, 0.2) is 42.5 Å². The molecule has 8 atom stereocenters. The molecule has 11 nitrogen and oxygen atoms in total. The Morgan fingerprint density at radius 2 is 1.67 bits per heavy atom. The van der Waals surface area contributed by atoms with E-state index in [1.54, 1.807) is 42.5 Å². The Hall–Kier alpha value is -3.64. The maximum atomic E-state index is 13.0. The van der Waals surface area contributed by atoms with E-state index in [0.29, 0.717) is 40.0 Å². The lowest BCUT2D eigenvalue weighted by atomic mass is 9.58. The predicted molar refractivity (Wildman–Crippen MR) is 166 cm³/mol. The van der Waals surface area contributed by atoms with Crippen molar-refractivity contribution in [2.24, 2.45) is 23.7 Å². The molecular weight excluding hydrogens is 594 g/mol. The van der Waals surface area contributed by atoms with Gasteiger partial charge in [0.15, 0.2) is 35.8 Å². The maximum absolute atomic E-state index is 13.0. The van der Waals surface area contributed by atoms with E-state index in [2.05, 4.69) is 19.2 Å². The molecule has 2 aromatic carbocycles. The summed E-state index contributed by atoms with van der Waals surface area (Å²) in [6.45, 7) is 6.02. The monoisotopic (exact) mass is 637 g/mol. The summed E-state index contributed by atoms with van der Waals surface area (Å²) in [7, 11) is 4.60. The first-order chi connectivity index (χ1) is 22.1. The lowest BCUT2D eigenvalue weighted by Crippen LogP contribution is -2.72. The van der Waals surface area contributed by atoms with Crippen molar-refractivity contribution in [3.05, 3.63) is 53.6 Å². The summed E-state index contributed by atoms with van der Waals surface area (Å²) >= 11 is 0. The second-order valence-electron chi connectivity index (χ2n) is 12.9. The molecule has 1 saturated carbocycles. The van der Waals surface area contributed by atoms with Crippen molar-refractivity contribution in [3.8, 4) is 23.0 Å². The van der Waals surface area contributed by atoms with E-state index in [-0.39, 0.29) is 36.1 Å². The van der Waals surface area contributed by atoms with Crippen molar-refractivity contribution in [2.45, 2.75) is 70.4 Å². The number of amides is 1. The first kappa shape index (κ1) is 32.3. The number of methoxy groups -OCH3 is 3. The first-order valence-electron chi connectivity index (χ1n) is 15.9. The fourth-order valence-electron chi connectivity index (χ4n) is 7.60. The number of ketones is 1. The van der Waals surface area contributed by atoms with Gasteiger partial charge in [0.1, 0.15) is 12.0 Å². The largest absolute Gasteiger partial charge is 0.493 e. The van der Waals surface area contributed by atoms with Crippen LogP contribution in [0.1, 0.15) is 62.4 Å². The zero-order valence-corrected chi connectivity index (χ0v) is 27.2. The van der Waals surface area contributed by atoms with Gasteiger partial charge in [-0.3, -0.25) is 9.59 Å². The standard InChI is InChI=1S/C35H43NO10/c1-20-7-13-26-21(2)32(43-33-35(26)25(20)15-16-34(3,44-33)45-46-35)36-30(38)19-42-24-11-9-23(10-12-24)27(37)14-8-22-17-28(39-4)31(41-6)29(18-22)40-5/h8-12,14,17-18,20-21,25-26,32-33H,7,13,15-16,19H2,1-6H3,(H,36,38)/b14-8+/t20-,21-,25+,26+,32-,33-,34-,35-/m1/s1. The molecule has 2 bridgehead atoms. The number of benzene rings is 2. The zero-order chi connectivity index (χ0) is 32.6. The lowest BCUT2D eigenvalue weighted by Gasteiger charge is -2.60. The Kier molecular flexibility index (Phi) is 9.04. The molecular formula is C35H43NO10. The van der Waals surface area contributed by atoms with Gasteiger partial charge in [-0.15, -0.1) is 0 Å². The molecule has 0 unspecified atom stereocenters. The fourth-order valence-corrected chi connectivity index (χ4v) is 7.60. The van der Waals surface area contributed by atoms with Gasteiger partial charge in [-0.05, 0) is 86.1 Å². The molecule has 0 radical (unpaired) electrons. The van der Waals surface area contributed by atoms with Crippen LogP contribution in [0.3, 0.4) is 0 Å². The van der Waals surface area contributed by atoms with E-state index in [0.717, 1.165) is 25.7 Å². The van der Waals surface area contributed by atoms with Crippen LogP contribution in [-0.4, -0.2) is 63.5 Å². The Labute approximate surface area is 269 Å². The molecule has 5 fully saturated rings. The third kappa shape index (κ3) is 5.85. The molecule has 1 N–H and O–H groups in total. The van der Waals surface area contributed by atoms with Crippen molar-refractivity contribution in [1.29, 1.82) is 0 Å². The fraction of sp³-hybridized carbons (Fsp3) is 0.543. The van der Waals surface area contributed by atoms with Gasteiger partial charge in [0.25, 0.3) is 5.91 Å². The number of fused-ring (bicyclic) bond motifs is 2. The summed E-state index contributed by atoms with van der Waals surface area (Å²) in [6.07, 6.45) is 5.64. The van der Waals surface area contributed by atoms with Crippen molar-refractivity contribution < 1.29 is 47.8 Å². The van der Waals surface area contributed by atoms with Crippen LogP contribution in [-0.2, 0) is 24.0 Å². The van der Waals surface area contributed by atoms with E-state index >= 15 is 0 Å². The van der Waals surface area contributed by atoms with Crippen LogP contribution in [0, 0.1) is 23.7 Å². The minimum Gasteiger partial charge on any atom is -0.493 e. The molecule has 4 saturated heterocycles. The molecule has 0 aromatic heterocycles. The van der Waals surface area contributed by atoms with Crippen LogP contribution in [0.5, 0.6) is 23.0 Å². The SMILES string of the molecule is COc1cc(/C=C/C(=O)c2ccc(OCC(=O)N[C@@H]3O[C@@H]4O[C@@]5(C)CC[C@H]6[C@H](C)CC[C@@H]([C@H]3C)[C@@]46OO5)cc2)cc(OC)c1OC. The number of rotatable bonds is 10. The Morgan fingerprint density at radius 3 is 2.35 bits per heavy atom. The lowest BCUT2D eigenvalue weighted by molar-refractivity contribution is -0.571. The van der Waals surface area contributed by atoms with Crippen molar-refractivity contribution in [2.75, 3.05) is 27.9 Å². The minimum absolute atomic E-state index is 0.0247. The normalized spacial score (nSPS) is 33.1. The van der Waals surface area contributed by atoms with Gasteiger partial charge in [-0.1, -0.05) is 19.9 Å². The molecule has 4 heterocycles. The Balaban J connectivity index is 1.05. The van der Waals surface area contributed by atoms with E-state index in [1.807, 2.05) is 6.92 Å². The van der Waals surface area contributed by atoms with Crippen LogP contribution >= 0.6 is 0 Å². The van der Waals surface area contributed by atoms with Gasteiger partial charge in [0.05, 0.1) is 21.3 Å². The molecule has 1 spiro atoms. The highest BCUT2D eigenvalue weighted by Crippen LogP contribution is 2.60. The van der Waals surface area contributed by atoms with Gasteiger partial charge in [-0.2, -0.15) is 0 Å². The molecule has 5 aliphatic rings. The molecule has 4 aliphatic heterocycles. The number of allylic oxidation sites excluding steroid dienone is 1. The number of ether oxygens (including phenoxy) is 6. The summed E-state index contributed by atoms with van der Waals surface area (Å²) in [5.41, 5.74) is 0.496. The molecule has 46 heavy (non-hydrogen) atoms. The molecule has 7 rings (SSSR count). The number of nitrogens with one attached hydrogen (secondary N) is 1. The molecule has 11 heteroatoms. The van der Waals surface area contributed by atoms with E-state index in [1.165, 1.54) is 27.4 Å². The van der Waals surface area contributed by atoms with E-state index in [4.69, 9.17) is 38.2 Å². The van der Waals surface area contributed by atoms with Crippen LogP contribution in [0.2, 0.25) is 0 Å². The number of carbonyl (C=O) groups is 2. The summed E-state index contributed by atoms with van der Waals surface area (Å²) in [5.74, 6) is 1.32. The number of carbonyl (C=O) groups excluding carboxylic acids is 2. The summed E-state index contributed by atoms with van der Waals surface area (Å²) in [4.78, 5) is 37.9. The van der Waals surface area contributed by atoms with Gasteiger partial charge in [-0.25, -0.2) is 9.78 Å². The third-order valence-corrected chi connectivity index (χ3v) is 10.1. The van der Waals surface area contributed by atoms with Crippen molar-refractivity contribution in [3.63, 3.8) is 0 Å². The first-order valence-corrected chi connectivity index (χ1v) is 15.9. The smallest absolute Gasteiger partial charge is 0.259 e. The van der Waals surface area contributed by atoms with Crippen molar-refractivity contribution >= 4 is 17.8 Å². The summed E-state index contributed by atoms with van der Waals surface area (Å²) in [6, 6.07) is 10.1. The van der Waals surface area contributed by atoms with E-state index < -0.39 is 23.9 Å². The van der Waals surface area contributed by atoms with E-state index in [9.17, 15) is 9.59 Å². The number of hydrogen-bond acceptors (Lipinski definition) is 10.